The fraction of sp³-hybridized carbons (Fsp3) is 0.914. The number of carbonyl (C=O) groups is 6. The van der Waals surface area contributed by atoms with Gasteiger partial charge in [-0.1, -0.05) is 70.6 Å². The van der Waals surface area contributed by atoms with Crippen molar-refractivity contribution in [3.63, 3.8) is 0 Å². The molecule has 6 amide bonds. The van der Waals surface area contributed by atoms with Gasteiger partial charge in [0.15, 0.2) is 18.9 Å². The highest BCUT2D eigenvalue weighted by molar-refractivity contribution is 5.82. The van der Waals surface area contributed by atoms with E-state index in [0.29, 0.717) is 64.7 Å². The van der Waals surface area contributed by atoms with Crippen molar-refractivity contribution in [3.8, 4) is 0 Å². The average Bonchev–Trinajstić information content (AvgIpc) is 0.762. The molecule has 4 saturated carbocycles. The highest BCUT2D eigenvalue weighted by Crippen LogP contribution is 2.42. The largest absolute Gasteiger partial charge is 0.394 e. The molecule has 0 aromatic rings. The van der Waals surface area contributed by atoms with Crippen LogP contribution in [0.2, 0.25) is 0 Å². The van der Waals surface area contributed by atoms with Crippen molar-refractivity contribution in [2.75, 3.05) is 65.8 Å². The lowest BCUT2D eigenvalue weighted by Gasteiger charge is -2.52. The topological polar surface area (TPSA) is 461 Å². The Kier molecular flexibility index (Phi) is 30.4. The van der Waals surface area contributed by atoms with Gasteiger partial charge in [-0.25, -0.2) is 0 Å². The first kappa shape index (κ1) is 81.5. The van der Waals surface area contributed by atoms with Gasteiger partial charge in [-0.3, -0.25) is 28.8 Å². The zero-order chi connectivity index (χ0) is 73.8. The number of ether oxygens (including phenoxy) is 11. The molecule has 10 aliphatic rings. The maximum absolute atomic E-state index is 14.6. The Morgan fingerprint density at radius 1 is 0.437 bits per heavy atom. The van der Waals surface area contributed by atoms with Gasteiger partial charge in [0.1, 0.15) is 111 Å². The van der Waals surface area contributed by atoms with Crippen molar-refractivity contribution in [1.82, 2.24) is 31.1 Å². The number of likely N-dealkylation sites (tertiary alicyclic amines) is 2. The number of hydrogen-bond donors (Lipinski definition) is 14. The molecular weight excluding hydrogens is 1360 g/mol. The van der Waals surface area contributed by atoms with Gasteiger partial charge in [0.05, 0.1) is 75.1 Å². The minimum atomic E-state index is -1.75. The van der Waals surface area contributed by atoms with Crippen LogP contribution in [0.5, 0.6) is 0 Å². The van der Waals surface area contributed by atoms with Crippen LogP contribution in [0.25, 0.3) is 0 Å². The van der Waals surface area contributed by atoms with E-state index in [1.807, 2.05) is 0 Å². The fourth-order valence-electron chi connectivity index (χ4n) is 16.7. The summed E-state index contributed by atoms with van der Waals surface area (Å²) in [5.74, 6) is -3.61. The Hall–Kier alpha value is -4.02. The summed E-state index contributed by atoms with van der Waals surface area (Å²) in [4.78, 5) is 86.7. The molecule has 14 N–H and O–H groups in total. The molecule has 10 rings (SSSR count). The van der Waals surface area contributed by atoms with Crippen LogP contribution < -0.4 is 21.3 Å². The van der Waals surface area contributed by atoms with Gasteiger partial charge >= 0.3 is 0 Å². The number of hydrogen-bond acceptors (Lipinski definition) is 27. The maximum Gasteiger partial charge on any atom is 0.251 e. The van der Waals surface area contributed by atoms with Gasteiger partial charge in [0.2, 0.25) is 23.6 Å². The van der Waals surface area contributed by atoms with E-state index in [0.717, 1.165) is 77.0 Å². The van der Waals surface area contributed by atoms with Gasteiger partial charge in [0, 0.05) is 45.9 Å². The van der Waals surface area contributed by atoms with Crippen LogP contribution in [0.1, 0.15) is 156 Å². The molecule has 0 spiro atoms. The highest BCUT2D eigenvalue weighted by atomic mass is 16.7. The number of carbonyl (C=O) groups excluding carboxylic acids is 6. The van der Waals surface area contributed by atoms with E-state index in [4.69, 9.17) is 52.1 Å². The van der Waals surface area contributed by atoms with E-state index in [9.17, 15) is 79.8 Å². The van der Waals surface area contributed by atoms with E-state index in [1.54, 1.807) is 9.80 Å². The van der Waals surface area contributed by atoms with Crippen molar-refractivity contribution in [2.24, 2.45) is 17.8 Å². The van der Waals surface area contributed by atoms with Crippen LogP contribution in [0.15, 0.2) is 0 Å². The minimum absolute atomic E-state index is 0.107. The number of amides is 6. The van der Waals surface area contributed by atoms with E-state index in [2.05, 4.69) is 21.3 Å². The highest BCUT2D eigenvalue weighted by Gasteiger charge is 2.57. The minimum Gasteiger partial charge on any atom is -0.394 e. The number of aliphatic hydroxyl groups is 10. The van der Waals surface area contributed by atoms with Gasteiger partial charge in [-0.15, -0.1) is 0 Å². The lowest BCUT2D eigenvalue weighted by Crippen LogP contribution is -2.70. The molecule has 588 valence electrons. The Morgan fingerprint density at radius 2 is 0.874 bits per heavy atom. The third kappa shape index (κ3) is 20.7. The number of rotatable bonds is 30. The molecule has 0 bridgehead atoms. The summed E-state index contributed by atoms with van der Waals surface area (Å²) in [5.41, 5.74) is 0. The number of nitrogens with zero attached hydrogens (tertiary/aromatic N) is 2. The predicted octanol–water partition coefficient (Wildman–Crippen LogP) is -3.10. The molecule has 6 saturated heterocycles. The second-order valence-electron chi connectivity index (χ2n) is 30.2. The van der Waals surface area contributed by atoms with Crippen molar-refractivity contribution in [1.29, 1.82) is 0 Å². The van der Waals surface area contributed by atoms with Crippen LogP contribution in [0, 0.1) is 17.8 Å². The summed E-state index contributed by atoms with van der Waals surface area (Å²) in [5, 5.41) is 123. The summed E-state index contributed by atoms with van der Waals surface area (Å²) in [6.07, 6.45) is -18.3. The van der Waals surface area contributed by atoms with Crippen molar-refractivity contribution < 1.29 is 132 Å². The quantitative estimate of drug-likeness (QED) is 0.0317. The first-order valence-electron chi connectivity index (χ1n) is 37.8. The second-order valence-corrected chi connectivity index (χ2v) is 30.2. The molecule has 0 aromatic heterocycles. The SMILES string of the molecule is CC(=O)N[C@H]1CCC[C@@H](O[C@@H]2O[C@H](CO)[C@H](O)[C@H](O[C@@H](CC3CCCCC3)C(=O)N3CCC3)[C@H]2NC(=O)COCCOCC(=O)N[C@@H]2[C@@H](O[C@@H](CC3CCCCC3)C(=O)N3CCC3)[C@@H](O)[C@@H](CO)O[C@H]2C2CCC[C@H](NC(C)=O)[C@H]2O[C@@H]2O[C@@H](C)[C@@H](O)[C@@H](O)[C@@H]2O)[C@@H]1O[C@@H]1O[C@@H](C)[C@@H](O)[C@@H](O)[C@@H]1O. The smallest absolute Gasteiger partial charge is 0.251 e. The van der Waals surface area contributed by atoms with Crippen molar-refractivity contribution in [3.05, 3.63) is 0 Å². The van der Waals surface area contributed by atoms with Gasteiger partial charge in [0.25, 0.3) is 11.8 Å². The van der Waals surface area contributed by atoms with Crippen molar-refractivity contribution in [2.45, 2.75) is 321 Å². The molecule has 0 aromatic carbocycles. The molecule has 6 aliphatic heterocycles. The molecule has 6 heterocycles. The molecular formula is C70H116N6O27. The fourth-order valence-corrected chi connectivity index (χ4v) is 16.7. The summed E-state index contributed by atoms with van der Waals surface area (Å²) in [6.45, 7) is 4.23. The summed E-state index contributed by atoms with van der Waals surface area (Å²) >= 11 is 0. The van der Waals surface area contributed by atoms with E-state index >= 15 is 0 Å². The van der Waals surface area contributed by atoms with Crippen LogP contribution in [-0.4, -0.2) is 327 Å². The lowest BCUT2D eigenvalue weighted by molar-refractivity contribution is -0.334. The molecule has 1 unspecified atom stereocenters. The molecule has 28 atom stereocenters. The van der Waals surface area contributed by atoms with Gasteiger partial charge in [-0.05, 0) is 83.5 Å². The number of nitrogens with one attached hydrogen (secondary N) is 4. The third-order valence-electron chi connectivity index (χ3n) is 22.7. The molecule has 33 nitrogen and oxygen atoms in total. The molecule has 0 radical (unpaired) electrons. The Bertz CT molecular complexity index is 2720. The van der Waals surface area contributed by atoms with E-state index in [-0.39, 0.29) is 49.7 Å². The first-order chi connectivity index (χ1) is 49.4. The van der Waals surface area contributed by atoms with Crippen LogP contribution in [0.4, 0.5) is 0 Å². The zero-order valence-corrected chi connectivity index (χ0v) is 59.8. The molecule has 103 heavy (non-hydrogen) atoms. The summed E-state index contributed by atoms with van der Waals surface area (Å²) < 4.78 is 69.8. The maximum atomic E-state index is 14.6. The first-order valence-corrected chi connectivity index (χ1v) is 37.8. The molecule has 33 heteroatoms. The zero-order valence-electron chi connectivity index (χ0n) is 59.8. The molecule has 10 fully saturated rings. The van der Waals surface area contributed by atoms with E-state index < -0.39 is 221 Å². The average molecular weight is 1470 g/mol. The standard InChI is InChI=1S/C70H116N6O27/c1-35-53(83)57(87)59(89)69(95-35)102-61-41(19-11-20-42(61)71-37(3)79)62-51(64(55(85)47(31-77)99-62)97-45(66(91)75-23-13-24-75)29-39-15-7-5-8-16-39)73-49(81)33-93-27-28-94-34-50(82)74-52-65(98-46(67(92)76-25-14-26-76)30-40-17-9-6-10-18-40)56(86)48(32-78)101-68(52)100-44-22-12-21-43(72-38(4)80)63(44)103-70-60(90)58(88)54(84)36(2)96-70/h35-36,39-48,51-65,68-70,77-78,83-90H,5-34H2,1-4H3,(H,71,79)(H,72,80)(H,73,81)(H,74,82)/t35-,36-,41?,42-,43-,44+,45-,46-,47+,48+,51-,52+,53+,54+,55-,56-,57+,58+,59-,60-,61-,62-,63+,64+,65+,68+,69-,70-/m0/s1. The predicted molar refractivity (Wildman–Crippen MR) is 357 cm³/mol. The van der Waals surface area contributed by atoms with Crippen molar-refractivity contribution >= 4 is 35.4 Å². The summed E-state index contributed by atoms with van der Waals surface area (Å²) in [7, 11) is 0. The van der Waals surface area contributed by atoms with Gasteiger partial charge in [-0.2, -0.15) is 0 Å². The second kappa shape index (κ2) is 38.4. The number of aliphatic hydroxyl groups excluding tert-OH is 10. The lowest BCUT2D eigenvalue weighted by atomic mass is 9.74. The normalized spacial score (nSPS) is 39.7. The van der Waals surface area contributed by atoms with Crippen LogP contribution >= 0.6 is 0 Å². The Labute approximate surface area is 601 Å². The summed E-state index contributed by atoms with van der Waals surface area (Å²) in [6, 6.07) is -4.33. The van der Waals surface area contributed by atoms with E-state index in [1.165, 1.54) is 27.7 Å². The van der Waals surface area contributed by atoms with Crippen LogP contribution in [-0.2, 0) is 80.9 Å². The van der Waals surface area contributed by atoms with Crippen LogP contribution in [0.3, 0.4) is 0 Å². The Morgan fingerprint density at radius 3 is 1.33 bits per heavy atom. The Balaban J connectivity index is 0.864. The monoisotopic (exact) mass is 1470 g/mol. The third-order valence-corrected chi connectivity index (χ3v) is 22.7. The molecule has 4 aliphatic carbocycles. The van der Waals surface area contributed by atoms with Gasteiger partial charge < -0.3 is 134 Å².